The Morgan fingerprint density at radius 2 is 1.52 bits per heavy atom. The van der Waals surface area contributed by atoms with Crippen molar-refractivity contribution in [3.05, 3.63) is 0 Å². The first-order chi connectivity index (χ1) is 9.99. The number of carboxylic acid groups (broad SMARTS) is 1. The Labute approximate surface area is 131 Å². The lowest BCUT2D eigenvalue weighted by molar-refractivity contribution is -0.137. The lowest BCUT2D eigenvalue weighted by atomic mass is 10.3. The molecule has 21 heavy (non-hydrogen) atoms. The van der Waals surface area contributed by atoms with Gasteiger partial charge in [0.05, 0.1) is 6.42 Å². The van der Waals surface area contributed by atoms with Crippen molar-refractivity contribution in [2.75, 3.05) is 25.6 Å². The third-order valence-corrected chi connectivity index (χ3v) is 6.70. The Morgan fingerprint density at radius 1 is 1.00 bits per heavy atom. The molecule has 0 spiro atoms. The van der Waals surface area contributed by atoms with Gasteiger partial charge >= 0.3 is 14.8 Å². The quantitative estimate of drug-likeness (QED) is 0.408. The number of thioether (sulfide) groups is 1. The molecule has 124 valence electrons. The highest BCUT2D eigenvalue weighted by molar-refractivity contribution is 8.13. The van der Waals surface area contributed by atoms with E-state index in [2.05, 4.69) is 0 Å². The maximum Gasteiger partial charge on any atom is 0.500 e. The number of hydrogen-bond donors (Lipinski definition) is 1. The van der Waals surface area contributed by atoms with Gasteiger partial charge in [0.15, 0.2) is 5.12 Å². The van der Waals surface area contributed by atoms with Crippen molar-refractivity contribution in [3.8, 4) is 0 Å². The van der Waals surface area contributed by atoms with E-state index in [1.54, 1.807) is 0 Å². The summed E-state index contributed by atoms with van der Waals surface area (Å²) < 4.78 is 17.2. The van der Waals surface area contributed by atoms with Crippen molar-refractivity contribution in [3.63, 3.8) is 0 Å². The second kappa shape index (κ2) is 12.2. The van der Waals surface area contributed by atoms with E-state index >= 15 is 0 Å². The fourth-order valence-electron chi connectivity index (χ4n) is 1.76. The SMILES string of the molecule is CCO[Si](CCCSC(=O)CCC(=O)O)(OCC)OCC. The molecule has 0 atom stereocenters. The molecule has 0 aliphatic heterocycles. The molecule has 0 aromatic rings. The van der Waals surface area contributed by atoms with Gasteiger partial charge in [0, 0.05) is 38.0 Å². The molecule has 6 nitrogen and oxygen atoms in total. The molecule has 1 N–H and O–H groups in total. The molecule has 0 fully saturated rings. The zero-order chi connectivity index (χ0) is 16.1. The molecule has 0 amide bonds. The third-order valence-electron chi connectivity index (χ3n) is 2.53. The monoisotopic (exact) mass is 338 g/mol. The van der Waals surface area contributed by atoms with Gasteiger partial charge in [-0.2, -0.15) is 0 Å². The molecule has 0 saturated carbocycles. The first-order valence-corrected chi connectivity index (χ1v) is 10.2. The highest BCUT2D eigenvalue weighted by Crippen LogP contribution is 2.20. The Bertz CT molecular complexity index is 296. The van der Waals surface area contributed by atoms with E-state index in [4.69, 9.17) is 18.4 Å². The van der Waals surface area contributed by atoms with Gasteiger partial charge in [-0.1, -0.05) is 11.8 Å². The topological polar surface area (TPSA) is 82.1 Å². The molecule has 0 unspecified atom stereocenters. The van der Waals surface area contributed by atoms with Crippen LogP contribution < -0.4 is 0 Å². The van der Waals surface area contributed by atoms with Crippen LogP contribution in [0.1, 0.15) is 40.0 Å². The summed E-state index contributed by atoms with van der Waals surface area (Å²) >= 11 is 1.17. The Kier molecular flexibility index (Phi) is 11.9. The predicted octanol–water partition coefficient (Wildman–Crippen LogP) is 2.55. The minimum Gasteiger partial charge on any atom is -0.481 e. The number of rotatable bonds is 13. The normalized spacial score (nSPS) is 11.6. The molecule has 0 aromatic heterocycles. The van der Waals surface area contributed by atoms with E-state index in [9.17, 15) is 9.59 Å². The predicted molar refractivity (Wildman–Crippen MR) is 84.4 cm³/mol. The molecule has 0 radical (unpaired) electrons. The standard InChI is InChI=1S/C13H26O6SSi/c1-4-17-21(18-5-2,19-6-3)11-7-10-20-13(16)9-8-12(14)15/h4-11H2,1-3H3,(H,14,15). The maximum atomic E-state index is 11.5. The van der Waals surface area contributed by atoms with Gasteiger partial charge in [-0.25, -0.2) is 0 Å². The van der Waals surface area contributed by atoms with Crippen molar-refractivity contribution in [2.45, 2.75) is 46.1 Å². The van der Waals surface area contributed by atoms with Crippen LogP contribution in [0.5, 0.6) is 0 Å². The van der Waals surface area contributed by atoms with Crippen LogP contribution in [-0.4, -0.2) is 50.6 Å². The van der Waals surface area contributed by atoms with E-state index in [1.807, 2.05) is 20.8 Å². The van der Waals surface area contributed by atoms with Crippen LogP contribution in [0, 0.1) is 0 Å². The molecule has 0 saturated heterocycles. The van der Waals surface area contributed by atoms with Crippen molar-refractivity contribution < 1.29 is 28.0 Å². The number of aliphatic carboxylic acids is 1. The zero-order valence-corrected chi connectivity index (χ0v) is 14.9. The fraction of sp³-hybridized carbons (Fsp3) is 0.846. The van der Waals surface area contributed by atoms with Crippen LogP contribution >= 0.6 is 11.8 Å². The molecule has 0 aromatic carbocycles. The Balaban J connectivity index is 4.11. The van der Waals surface area contributed by atoms with Gasteiger partial charge in [-0.15, -0.1) is 0 Å². The lowest BCUT2D eigenvalue weighted by Crippen LogP contribution is -2.46. The van der Waals surface area contributed by atoms with Crippen LogP contribution in [0.25, 0.3) is 0 Å². The summed E-state index contributed by atoms with van der Waals surface area (Å²) in [6.07, 6.45) is 0.710. The Hall–Kier alpha value is -0.413. The van der Waals surface area contributed by atoms with Crippen LogP contribution in [0.4, 0.5) is 0 Å². The van der Waals surface area contributed by atoms with Gasteiger partial charge in [0.2, 0.25) is 0 Å². The first kappa shape index (κ1) is 20.6. The van der Waals surface area contributed by atoms with Crippen molar-refractivity contribution in [1.29, 1.82) is 0 Å². The highest BCUT2D eigenvalue weighted by atomic mass is 32.2. The van der Waals surface area contributed by atoms with Gasteiger partial charge in [0.25, 0.3) is 0 Å². The van der Waals surface area contributed by atoms with Gasteiger partial charge < -0.3 is 18.4 Å². The minimum absolute atomic E-state index is 0.0744. The van der Waals surface area contributed by atoms with Gasteiger partial charge in [-0.3, -0.25) is 9.59 Å². The van der Waals surface area contributed by atoms with Crippen molar-refractivity contribution >= 4 is 31.7 Å². The molecule has 0 heterocycles. The summed E-state index contributed by atoms with van der Waals surface area (Å²) in [4.78, 5) is 21.8. The maximum absolute atomic E-state index is 11.5. The minimum atomic E-state index is -2.62. The molecule has 0 rings (SSSR count). The largest absolute Gasteiger partial charge is 0.500 e. The molecular weight excluding hydrogens is 312 g/mol. The summed E-state index contributed by atoms with van der Waals surface area (Å²) in [6.45, 7) is 7.34. The summed E-state index contributed by atoms with van der Waals surface area (Å²) in [6, 6.07) is 0.668. The second-order valence-corrected chi connectivity index (χ2v) is 8.08. The highest BCUT2D eigenvalue weighted by Gasteiger charge is 2.39. The lowest BCUT2D eigenvalue weighted by Gasteiger charge is -2.28. The number of carbonyl (C=O) groups excluding carboxylic acids is 1. The number of carboxylic acids is 1. The number of hydrogen-bond acceptors (Lipinski definition) is 6. The van der Waals surface area contributed by atoms with Crippen molar-refractivity contribution in [2.24, 2.45) is 0 Å². The van der Waals surface area contributed by atoms with Crippen LogP contribution in [0.2, 0.25) is 6.04 Å². The first-order valence-electron chi connectivity index (χ1n) is 7.29. The smallest absolute Gasteiger partial charge is 0.481 e. The summed E-state index contributed by atoms with van der Waals surface area (Å²) in [5.41, 5.74) is 0. The van der Waals surface area contributed by atoms with Crippen LogP contribution in [0.3, 0.4) is 0 Å². The van der Waals surface area contributed by atoms with E-state index in [0.29, 0.717) is 31.6 Å². The molecule has 8 heteroatoms. The van der Waals surface area contributed by atoms with E-state index < -0.39 is 14.8 Å². The van der Waals surface area contributed by atoms with Crippen molar-refractivity contribution in [1.82, 2.24) is 0 Å². The fourth-order valence-corrected chi connectivity index (χ4v) is 5.39. The molecule has 0 aliphatic carbocycles. The number of carbonyl (C=O) groups is 2. The summed E-state index contributed by atoms with van der Waals surface area (Å²) in [5.74, 6) is -0.320. The van der Waals surface area contributed by atoms with Gasteiger partial charge in [-0.05, 0) is 27.2 Å². The summed E-state index contributed by atoms with van der Waals surface area (Å²) in [5, 5.41) is 8.42. The van der Waals surface area contributed by atoms with E-state index in [-0.39, 0.29) is 18.0 Å². The van der Waals surface area contributed by atoms with Gasteiger partial charge in [0.1, 0.15) is 0 Å². The molecule has 0 aliphatic rings. The average Bonchev–Trinajstić information content (AvgIpc) is 2.42. The van der Waals surface area contributed by atoms with Crippen LogP contribution in [-0.2, 0) is 22.9 Å². The zero-order valence-electron chi connectivity index (χ0n) is 13.1. The molecular formula is C13H26O6SSi. The third kappa shape index (κ3) is 10.0. The van der Waals surface area contributed by atoms with Crippen LogP contribution in [0.15, 0.2) is 0 Å². The van der Waals surface area contributed by atoms with E-state index in [1.165, 1.54) is 11.8 Å². The second-order valence-electron chi connectivity index (χ2n) is 4.20. The Morgan fingerprint density at radius 3 is 1.95 bits per heavy atom. The molecule has 0 bridgehead atoms. The van der Waals surface area contributed by atoms with E-state index in [0.717, 1.165) is 6.42 Å². The summed E-state index contributed by atoms with van der Waals surface area (Å²) in [7, 11) is -2.62. The average molecular weight is 338 g/mol.